The minimum absolute atomic E-state index is 0.00388. The third kappa shape index (κ3) is 5.81. The van der Waals surface area contributed by atoms with E-state index in [1.807, 2.05) is 20.8 Å². The summed E-state index contributed by atoms with van der Waals surface area (Å²) in [5.74, 6) is -1.25. The molecule has 5 nitrogen and oxygen atoms in total. The molecule has 1 amide bonds. The van der Waals surface area contributed by atoms with E-state index >= 15 is 0 Å². The van der Waals surface area contributed by atoms with Crippen molar-refractivity contribution in [2.45, 2.75) is 20.8 Å². The average Bonchev–Trinajstić information content (AvgIpc) is 2.33. The van der Waals surface area contributed by atoms with Crippen LogP contribution < -0.4 is 5.32 Å². The van der Waals surface area contributed by atoms with Crippen molar-refractivity contribution in [1.29, 1.82) is 0 Å². The van der Waals surface area contributed by atoms with Gasteiger partial charge in [0.2, 0.25) is 0 Å². The molecule has 0 fully saturated rings. The Kier molecular flexibility index (Phi) is 4.80. The van der Waals surface area contributed by atoms with Crippen molar-refractivity contribution < 1.29 is 14.7 Å². The Labute approximate surface area is 112 Å². The van der Waals surface area contributed by atoms with E-state index in [-0.39, 0.29) is 11.3 Å². The van der Waals surface area contributed by atoms with Gasteiger partial charge >= 0.3 is 5.97 Å². The first-order chi connectivity index (χ1) is 8.78. The molecule has 0 spiro atoms. The molecular formula is C14H18N2O3. The van der Waals surface area contributed by atoms with Gasteiger partial charge in [0.25, 0.3) is 5.91 Å². The van der Waals surface area contributed by atoms with Crippen LogP contribution in [0, 0.1) is 5.41 Å². The lowest BCUT2D eigenvalue weighted by Crippen LogP contribution is -2.32. The highest BCUT2D eigenvalue weighted by Gasteiger charge is 2.13. The van der Waals surface area contributed by atoms with Crippen LogP contribution in [-0.2, 0) is 4.79 Å². The number of aliphatic carboxylic acids is 1. The molecule has 0 bridgehead atoms. The molecule has 0 saturated carbocycles. The van der Waals surface area contributed by atoms with Crippen LogP contribution in [0.2, 0.25) is 0 Å². The van der Waals surface area contributed by atoms with E-state index in [9.17, 15) is 9.59 Å². The second-order valence-electron chi connectivity index (χ2n) is 5.42. The van der Waals surface area contributed by atoms with E-state index in [1.165, 1.54) is 18.5 Å². The highest BCUT2D eigenvalue weighted by Crippen LogP contribution is 2.11. The fourth-order valence-corrected chi connectivity index (χ4v) is 1.29. The zero-order valence-corrected chi connectivity index (χ0v) is 11.3. The Morgan fingerprint density at radius 1 is 1.37 bits per heavy atom. The van der Waals surface area contributed by atoms with E-state index < -0.39 is 5.97 Å². The number of carboxylic acid groups (broad SMARTS) is 1. The summed E-state index contributed by atoms with van der Waals surface area (Å²) in [6.45, 7) is 6.63. The highest BCUT2D eigenvalue weighted by atomic mass is 16.4. The van der Waals surface area contributed by atoms with Crippen LogP contribution in [0.25, 0.3) is 6.08 Å². The molecule has 1 rings (SSSR count). The molecule has 0 atom stereocenters. The number of aromatic nitrogens is 1. The summed E-state index contributed by atoms with van der Waals surface area (Å²) in [5.41, 5.74) is 0.992. The lowest BCUT2D eigenvalue weighted by molar-refractivity contribution is -0.131. The van der Waals surface area contributed by atoms with Crippen molar-refractivity contribution in [3.05, 3.63) is 35.7 Å². The fourth-order valence-electron chi connectivity index (χ4n) is 1.29. The molecule has 0 saturated heterocycles. The zero-order chi connectivity index (χ0) is 14.5. The Morgan fingerprint density at radius 3 is 2.63 bits per heavy atom. The van der Waals surface area contributed by atoms with Crippen molar-refractivity contribution in [3.8, 4) is 0 Å². The Morgan fingerprint density at radius 2 is 2.05 bits per heavy atom. The van der Waals surface area contributed by atoms with E-state index in [1.54, 1.807) is 6.07 Å². The van der Waals surface area contributed by atoms with Gasteiger partial charge in [0.1, 0.15) is 0 Å². The van der Waals surface area contributed by atoms with Gasteiger partial charge in [-0.15, -0.1) is 0 Å². The minimum atomic E-state index is -1.04. The summed E-state index contributed by atoms with van der Waals surface area (Å²) in [6.07, 6.45) is 5.36. The lowest BCUT2D eigenvalue weighted by Gasteiger charge is -2.18. The van der Waals surface area contributed by atoms with Crippen LogP contribution >= 0.6 is 0 Å². The number of carbonyl (C=O) groups is 2. The monoisotopic (exact) mass is 262 g/mol. The molecule has 1 aromatic heterocycles. The number of hydrogen-bond donors (Lipinski definition) is 2. The second kappa shape index (κ2) is 6.13. The van der Waals surface area contributed by atoms with Gasteiger partial charge in [-0.05, 0) is 23.1 Å². The van der Waals surface area contributed by atoms with Crippen LogP contribution in [0.15, 0.2) is 24.5 Å². The van der Waals surface area contributed by atoms with Crippen LogP contribution in [0.5, 0.6) is 0 Å². The number of carboxylic acids is 1. The minimum Gasteiger partial charge on any atom is -0.478 e. The molecule has 0 radical (unpaired) electrons. The van der Waals surface area contributed by atoms with Gasteiger partial charge in [0.05, 0.1) is 5.56 Å². The predicted molar refractivity (Wildman–Crippen MR) is 72.7 cm³/mol. The van der Waals surface area contributed by atoms with Crippen LogP contribution in [-0.4, -0.2) is 28.5 Å². The molecule has 0 aliphatic rings. The van der Waals surface area contributed by atoms with Crippen LogP contribution in [0.3, 0.4) is 0 Å². The Bertz CT molecular complexity index is 502. The van der Waals surface area contributed by atoms with Gasteiger partial charge in [-0.3, -0.25) is 9.78 Å². The topological polar surface area (TPSA) is 79.3 Å². The first kappa shape index (κ1) is 14.9. The summed E-state index contributed by atoms with van der Waals surface area (Å²) in [7, 11) is 0. The average molecular weight is 262 g/mol. The summed E-state index contributed by atoms with van der Waals surface area (Å²) in [4.78, 5) is 26.2. The number of hydrogen-bond acceptors (Lipinski definition) is 3. The SMILES string of the molecule is CC(C)(C)CNC(=O)c1cncc(C=CC(=O)O)c1. The van der Waals surface area contributed by atoms with Gasteiger partial charge in [0.15, 0.2) is 0 Å². The number of nitrogens with zero attached hydrogens (tertiary/aromatic N) is 1. The highest BCUT2D eigenvalue weighted by molar-refractivity contribution is 5.94. The number of carbonyl (C=O) groups excluding carboxylic acids is 1. The quantitative estimate of drug-likeness (QED) is 0.813. The standard InChI is InChI=1S/C14H18N2O3/c1-14(2,3)9-16-13(19)11-6-10(7-15-8-11)4-5-12(17)18/h4-8H,9H2,1-3H3,(H,16,19)(H,17,18). The molecule has 0 aromatic carbocycles. The van der Waals surface area contributed by atoms with Crippen molar-refractivity contribution in [2.24, 2.45) is 5.41 Å². The van der Waals surface area contributed by atoms with Crippen molar-refractivity contribution in [2.75, 3.05) is 6.54 Å². The summed E-state index contributed by atoms with van der Waals surface area (Å²) in [6, 6.07) is 1.60. The third-order valence-electron chi connectivity index (χ3n) is 2.22. The molecule has 0 unspecified atom stereocenters. The van der Waals surface area contributed by atoms with Gasteiger partial charge in [-0.1, -0.05) is 20.8 Å². The fraction of sp³-hybridized carbons (Fsp3) is 0.357. The van der Waals surface area contributed by atoms with E-state index in [4.69, 9.17) is 5.11 Å². The molecular weight excluding hydrogens is 244 g/mol. The van der Waals surface area contributed by atoms with E-state index in [0.29, 0.717) is 17.7 Å². The summed E-state index contributed by atoms with van der Waals surface area (Å²) in [5, 5.41) is 11.4. The van der Waals surface area contributed by atoms with Gasteiger partial charge in [-0.2, -0.15) is 0 Å². The first-order valence-corrected chi connectivity index (χ1v) is 5.92. The number of rotatable bonds is 4. The molecule has 2 N–H and O–H groups in total. The Balaban J connectivity index is 2.76. The number of nitrogens with one attached hydrogen (secondary N) is 1. The largest absolute Gasteiger partial charge is 0.478 e. The number of amides is 1. The maximum absolute atomic E-state index is 11.9. The van der Waals surface area contributed by atoms with Gasteiger partial charge in [-0.25, -0.2) is 4.79 Å². The zero-order valence-electron chi connectivity index (χ0n) is 11.3. The van der Waals surface area contributed by atoms with Crippen LogP contribution in [0.4, 0.5) is 0 Å². The van der Waals surface area contributed by atoms with Crippen molar-refractivity contribution in [3.63, 3.8) is 0 Å². The Hall–Kier alpha value is -2.17. The van der Waals surface area contributed by atoms with Crippen LogP contribution in [0.1, 0.15) is 36.7 Å². The van der Waals surface area contributed by atoms with Crippen molar-refractivity contribution >= 4 is 18.0 Å². The maximum atomic E-state index is 11.9. The molecule has 1 heterocycles. The van der Waals surface area contributed by atoms with Gasteiger partial charge < -0.3 is 10.4 Å². The third-order valence-corrected chi connectivity index (χ3v) is 2.22. The van der Waals surface area contributed by atoms with Gasteiger partial charge in [0, 0.05) is 25.0 Å². The smallest absolute Gasteiger partial charge is 0.328 e. The molecule has 102 valence electrons. The molecule has 0 aliphatic heterocycles. The lowest BCUT2D eigenvalue weighted by atomic mass is 9.97. The van der Waals surface area contributed by atoms with Crippen molar-refractivity contribution in [1.82, 2.24) is 10.3 Å². The normalized spacial score (nSPS) is 11.5. The molecule has 5 heteroatoms. The summed E-state index contributed by atoms with van der Waals surface area (Å²) >= 11 is 0. The molecule has 1 aromatic rings. The summed E-state index contributed by atoms with van der Waals surface area (Å²) < 4.78 is 0. The predicted octanol–water partition coefficient (Wildman–Crippen LogP) is 1.96. The molecule has 0 aliphatic carbocycles. The second-order valence-corrected chi connectivity index (χ2v) is 5.42. The maximum Gasteiger partial charge on any atom is 0.328 e. The first-order valence-electron chi connectivity index (χ1n) is 5.92. The van der Waals surface area contributed by atoms with E-state index in [2.05, 4.69) is 10.3 Å². The number of pyridine rings is 1. The molecule has 19 heavy (non-hydrogen) atoms. The van der Waals surface area contributed by atoms with E-state index in [0.717, 1.165) is 6.08 Å².